The van der Waals surface area contributed by atoms with Crippen LogP contribution in [0.2, 0.25) is 0 Å². The van der Waals surface area contributed by atoms with Crippen molar-refractivity contribution in [2.75, 3.05) is 5.75 Å². The highest BCUT2D eigenvalue weighted by molar-refractivity contribution is 7.99. The van der Waals surface area contributed by atoms with Gasteiger partial charge in [0, 0.05) is 12.1 Å². The summed E-state index contributed by atoms with van der Waals surface area (Å²) in [6.07, 6.45) is 1.59. The molecule has 4 aromatic rings. The number of para-hydroxylation sites is 1. The lowest BCUT2D eigenvalue weighted by atomic mass is 10.1. The number of nitrogens with one attached hydrogen (secondary N) is 1. The standard InChI is InChI=1S/C26H25N5O2S/c1-3-31-25(21-14-12-19(2)13-15-21)29-30-26(31)34-18-24(32)28-27-17-20-8-7-11-23(16-20)33-22-9-5-4-6-10-22/h4-17H,3,18H2,1-2H3,(H,28,32)/b27-17+. The monoisotopic (exact) mass is 471 g/mol. The molecule has 0 saturated carbocycles. The van der Waals surface area contributed by atoms with Gasteiger partial charge < -0.3 is 9.30 Å². The molecule has 0 atom stereocenters. The number of nitrogens with zero attached hydrogens (tertiary/aromatic N) is 4. The lowest BCUT2D eigenvalue weighted by Crippen LogP contribution is -2.20. The van der Waals surface area contributed by atoms with Gasteiger partial charge in [-0.15, -0.1) is 10.2 Å². The third-order valence-corrected chi connectivity index (χ3v) is 5.88. The van der Waals surface area contributed by atoms with Crippen molar-refractivity contribution in [1.29, 1.82) is 0 Å². The fraction of sp³-hybridized carbons (Fsp3) is 0.154. The van der Waals surface area contributed by atoms with E-state index in [9.17, 15) is 4.79 Å². The molecule has 8 heteroatoms. The molecule has 0 fully saturated rings. The molecule has 0 unspecified atom stereocenters. The zero-order chi connectivity index (χ0) is 23.8. The van der Waals surface area contributed by atoms with Crippen LogP contribution in [-0.2, 0) is 11.3 Å². The Morgan fingerprint density at radius 2 is 1.79 bits per heavy atom. The lowest BCUT2D eigenvalue weighted by molar-refractivity contribution is -0.118. The van der Waals surface area contributed by atoms with Gasteiger partial charge in [0.25, 0.3) is 5.91 Å². The van der Waals surface area contributed by atoms with Crippen molar-refractivity contribution in [3.05, 3.63) is 90.0 Å². The molecule has 1 heterocycles. The number of aryl methyl sites for hydroxylation is 1. The van der Waals surface area contributed by atoms with Crippen LogP contribution >= 0.6 is 11.8 Å². The van der Waals surface area contributed by atoms with Gasteiger partial charge in [0.2, 0.25) is 0 Å². The van der Waals surface area contributed by atoms with Crippen molar-refractivity contribution < 1.29 is 9.53 Å². The van der Waals surface area contributed by atoms with Crippen molar-refractivity contribution >= 4 is 23.9 Å². The van der Waals surface area contributed by atoms with Crippen LogP contribution in [0.15, 0.2) is 89.1 Å². The second kappa shape index (κ2) is 11.3. The molecule has 172 valence electrons. The van der Waals surface area contributed by atoms with E-state index < -0.39 is 0 Å². The molecule has 0 saturated heterocycles. The van der Waals surface area contributed by atoms with Crippen molar-refractivity contribution in [3.63, 3.8) is 0 Å². The summed E-state index contributed by atoms with van der Waals surface area (Å²) in [5.41, 5.74) is 5.57. The molecule has 0 spiro atoms. The average molecular weight is 472 g/mol. The topological polar surface area (TPSA) is 81.4 Å². The number of benzene rings is 3. The van der Waals surface area contributed by atoms with E-state index in [1.807, 2.05) is 97.3 Å². The van der Waals surface area contributed by atoms with Crippen LogP contribution in [0.1, 0.15) is 18.1 Å². The highest BCUT2D eigenvalue weighted by Crippen LogP contribution is 2.24. The van der Waals surface area contributed by atoms with E-state index in [-0.39, 0.29) is 11.7 Å². The number of amides is 1. The van der Waals surface area contributed by atoms with Crippen molar-refractivity contribution in [2.24, 2.45) is 5.10 Å². The van der Waals surface area contributed by atoms with Gasteiger partial charge in [0.05, 0.1) is 12.0 Å². The van der Waals surface area contributed by atoms with E-state index in [4.69, 9.17) is 4.74 Å². The molecule has 4 rings (SSSR count). The molecule has 34 heavy (non-hydrogen) atoms. The highest BCUT2D eigenvalue weighted by atomic mass is 32.2. The van der Waals surface area contributed by atoms with Gasteiger partial charge in [0.15, 0.2) is 11.0 Å². The molecule has 0 bridgehead atoms. The molecule has 0 radical (unpaired) electrons. The number of hydrogen-bond donors (Lipinski definition) is 1. The number of hydrazone groups is 1. The van der Waals surface area contributed by atoms with Crippen LogP contribution in [0.3, 0.4) is 0 Å². The Labute approximate surface area is 202 Å². The first-order valence-electron chi connectivity index (χ1n) is 10.9. The minimum atomic E-state index is -0.222. The van der Waals surface area contributed by atoms with Crippen LogP contribution in [-0.4, -0.2) is 32.6 Å². The van der Waals surface area contributed by atoms with Gasteiger partial charge in [-0.1, -0.05) is 71.9 Å². The maximum atomic E-state index is 12.3. The van der Waals surface area contributed by atoms with Crippen LogP contribution in [0.25, 0.3) is 11.4 Å². The van der Waals surface area contributed by atoms with Crippen LogP contribution in [0, 0.1) is 6.92 Å². The van der Waals surface area contributed by atoms with Crippen molar-refractivity contribution in [1.82, 2.24) is 20.2 Å². The Kier molecular flexibility index (Phi) is 7.72. The Morgan fingerprint density at radius 3 is 2.56 bits per heavy atom. The molecule has 1 N–H and O–H groups in total. The molecular weight excluding hydrogens is 446 g/mol. The SMILES string of the molecule is CCn1c(SCC(=O)N/N=C/c2cccc(Oc3ccccc3)c2)nnc1-c1ccc(C)cc1. The Balaban J connectivity index is 1.32. The lowest BCUT2D eigenvalue weighted by Gasteiger charge is -2.07. The summed E-state index contributed by atoms with van der Waals surface area (Å²) in [5.74, 6) is 2.20. The first-order valence-corrected chi connectivity index (χ1v) is 11.9. The number of thioether (sulfide) groups is 1. The van der Waals surface area contributed by atoms with Crippen LogP contribution in [0.4, 0.5) is 0 Å². The minimum absolute atomic E-state index is 0.181. The summed E-state index contributed by atoms with van der Waals surface area (Å²) < 4.78 is 7.83. The Bertz CT molecular complexity index is 1270. The summed E-state index contributed by atoms with van der Waals surface area (Å²) in [6.45, 7) is 4.79. The molecule has 0 aliphatic rings. The summed E-state index contributed by atoms with van der Waals surface area (Å²) >= 11 is 1.33. The molecule has 7 nitrogen and oxygen atoms in total. The first kappa shape index (κ1) is 23.3. The fourth-order valence-corrected chi connectivity index (χ4v) is 4.02. The second-order valence-electron chi connectivity index (χ2n) is 7.49. The number of aromatic nitrogens is 3. The number of rotatable bonds is 9. The van der Waals surface area contributed by atoms with Gasteiger partial charge in [-0.2, -0.15) is 5.10 Å². The summed E-state index contributed by atoms with van der Waals surface area (Å²) in [6, 6.07) is 25.2. The molecule has 1 amide bonds. The first-order chi connectivity index (χ1) is 16.6. The number of carbonyl (C=O) groups is 1. The highest BCUT2D eigenvalue weighted by Gasteiger charge is 2.14. The van der Waals surface area contributed by atoms with E-state index in [1.54, 1.807) is 6.21 Å². The predicted octanol–water partition coefficient (Wildman–Crippen LogP) is 5.31. The third-order valence-electron chi connectivity index (χ3n) is 4.92. The predicted molar refractivity (Wildman–Crippen MR) is 135 cm³/mol. The maximum Gasteiger partial charge on any atom is 0.250 e. The van der Waals surface area contributed by atoms with Gasteiger partial charge >= 0.3 is 0 Å². The molecule has 0 aliphatic heterocycles. The van der Waals surface area contributed by atoms with Crippen molar-refractivity contribution in [2.45, 2.75) is 25.5 Å². The third kappa shape index (κ3) is 6.11. The van der Waals surface area contributed by atoms with E-state index in [0.717, 1.165) is 22.7 Å². The Morgan fingerprint density at radius 1 is 1.03 bits per heavy atom. The quantitative estimate of drug-likeness (QED) is 0.203. The number of hydrogen-bond acceptors (Lipinski definition) is 6. The second-order valence-corrected chi connectivity index (χ2v) is 8.43. The van der Waals surface area contributed by atoms with Gasteiger partial charge in [-0.25, -0.2) is 5.43 Å². The van der Waals surface area contributed by atoms with Crippen LogP contribution < -0.4 is 10.2 Å². The van der Waals surface area contributed by atoms with E-state index in [2.05, 4.69) is 20.7 Å². The van der Waals surface area contributed by atoms with Gasteiger partial charge in [0.1, 0.15) is 11.5 Å². The maximum absolute atomic E-state index is 12.3. The largest absolute Gasteiger partial charge is 0.457 e. The fourth-order valence-electron chi connectivity index (χ4n) is 3.22. The van der Waals surface area contributed by atoms with E-state index in [1.165, 1.54) is 17.3 Å². The molecule has 3 aromatic carbocycles. The molecular formula is C26H25N5O2S. The van der Waals surface area contributed by atoms with Gasteiger partial charge in [-0.3, -0.25) is 4.79 Å². The summed E-state index contributed by atoms with van der Waals surface area (Å²) in [4.78, 5) is 12.3. The number of carbonyl (C=O) groups excluding carboxylic acids is 1. The minimum Gasteiger partial charge on any atom is -0.457 e. The molecule has 1 aromatic heterocycles. The zero-order valence-corrected chi connectivity index (χ0v) is 19.8. The normalized spacial score (nSPS) is 11.0. The zero-order valence-electron chi connectivity index (χ0n) is 19.0. The molecule has 0 aliphatic carbocycles. The van der Waals surface area contributed by atoms with E-state index in [0.29, 0.717) is 17.5 Å². The summed E-state index contributed by atoms with van der Waals surface area (Å²) in [5, 5.41) is 13.4. The number of ether oxygens (including phenoxy) is 1. The van der Waals surface area contributed by atoms with Crippen LogP contribution in [0.5, 0.6) is 11.5 Å². The summed E-state index contributed by atoms with van der Waals surface area (Å²) in [7, 11) is 0. The smallest absolute Gasteiger partial charge is 0.250 e. The average Bonchev–Trinajstić information content (AvgIpc) is 3.27. The van der Waals surface area contributed by atoms with Gasteiger partial charge in [-0.05, 0) is 43.7 Å². The van der Waals surface area contributed by atoms with E-state index >= 15 is 0 Å². The van der Waals surface area contributed by atoms with Crippen molar-refractivity contribution in [3.8, 4) is 22.9 Å². The Hall–Kier alpha value is -3.91.